The van der Waals surface area contributed by atoms with Crippen LogP contribution < -0.4 is 10.6 Å². The molecule has 7 heteroatoms. The Balaban J connectivity index is 2.09. The van der Waals surface area contributed by atoms with Gasteiger partial charge in [-0.2, -0.15) is 12.6 Å². The second kappa shape index (κ2) is 5.81. The molecule has 0 aliphatic carbocycles. The van der Waals surface area contributed by atoms with Crippen LogP contribution >= 0.6 is 12.6 Å². The highest BCUT2D eigenvalue weighted by Crippen LogP contribution is 2.27. The van der Waals surface area contributed by atoms with E-state index in [2.05, 4.69) is 23.3 Å². The highest BCUT2D eigenvalue weighted by atomic mass is 32.1. The van der Waals surface area contributed by atoms with Gasteiger partial charge in [-0.05, 0) is 12.8 Å². The number of carbonyl (C=O) groups excluding carboxylic acids is 3. The lowest BCUT2D eigenvalue weighted by molar-refractivity contribution is -0.140. The van der Waals surface area contributed by atoms with E-state index < -0.39 is 6.04 Å². The van der Waals surface area contributed by atoms with Crippen molar-refractivity contribution in [2.75, 3.05) is 18.8 Å². The van der Waals surface area contributed by atoms with E-state index in [1.807, 2.05) is 0 Å². The highest BCUT2D eigenvalue weighted by Gasteiger charge is 2.43. The van der Waals surface area contributed by atoms with E-state index in [4.69, 9.17) is 0 Å². The van der Waals surface area contributed by atoms with E-state index in [0.717, 1.165) is 12.8 Å². The van der Waals surface area contributed by atoms with Crippen molar-refractivity contribution < 1.29 is 14.4 Å². The number of hydrogen-bond donors (Lipinski definition) is 3. The number of piperidine rings is 1. The Kier molecular flexibility index (Phi) is 4.34. The van der Waals surface area contributed by atoms with Crippen LogP contribution in [0.3, 0.4) is 0 Å². The number of amides is 3. The van der Waals surface area contributed by atoms with Crippen molar-refractivity contribution >= 4 is 30.4 Å². The third kappa shape index (κ3) is 2.86. The maximum Gasteiger partial charge on any atom is 0.246 e. The molecule has 0 spiro atoms. The first kappa shape index (κ1) is 14.2. The summed E-state index contributed by atoms with van der Waals surface area (Å²) in [6.07, 6.45) is 1.64. The van der Waals surface area contributed by atoms with Crippen LogP contribution in [0.5, 0.6) is 0 Å². The maximum absolute atomic E-state index is 12.4. The number of nitrogens with one attached hydrogen (secondary N) is 2. The van der Waals surface area contributed by atoms with E-state index in [-0.39, 0.29) is 35.4 Å². The average Bonchev–Trinajstić information content (AvgIpc) is 2.77. The van der Waals surface area contributed by atoms with E-state index in [1.165, 1.54) is 6.92 Å². The number of fused-ring (bicyclic) bond motifs is 1. The Hall–Kier alpha value is -1.24. The molecule has 19 heavy (non-hydrogen) atoms. The molecule has 2 N–H and O–H groups in total. The van der Waals surface area contributed by atoms with Crippen LogP contribution in [0, 0.1) is 5.92 Å². The second-order valence-corrected chi connectivity index (χ2v) is 5.39. The SMILES string of the molecule is CC(=O)NC(CS)C(=O)N1CCCC2C(=O)NCC21. The normalized spacial score (nSPS) is 27.5. The molecule has 106 valence electrons. The molecule has 3 amide bonds. The van der Waals surface area contributed by atoms with Gasteiger partial charge in [0, 0.05) is 25.8 Å². The molecule has 0 radical (unpaired) electrons. The van der Waals surface area contributed by atoms with E-state index in [0.29, 0.717) is 13.1 Å². The lowest BCUT2D eigenvalue weighted by Gasteiger charge is -2.37. The van der Waals surface area contributed by atoms with Crippen LogP contribution in [-0.4, -0.2) is 53.5 Å². The average molecular weight is 285 g/mol. The van der Waals surface area contributed by atoms with Gasteiger partial charge in [0.05, 0.1) is 12.0 Å². The number of likely N-dealkylation sites (tertiary alicyclic amines) is 1. The van der Waals surface area contributed by atoms with Crippen molar-refractivity contribution in [2.24, 2.45) is 5.92 Å². The van der Waals surface area contributed by atoms with Crippen molar-refractivity contribution in [3.63, 3.8) is 0 Å². The van der Waals surface area contributed by atoms with Gasteiger partial charge in [0.1, 0.15) is 6.04 Å². The largest absolute Gasteiger partial charge is 0.354 e. The molecular formula is C12H19N3O3S. The van der Waals surface area contributed by atoms with Gasteiger partial charge in [-0.1, -0.05) is 0 Å². The molecule has 3 unspecified atom stereocenters. The van der Waals surface area contributed by atoms with Gasteiger partial charge in [-0.15, -0.1) is 0 Å². The molecule has 2 saturated heterocycles. The number of hydrogen-bond acceptors (Lipinski definition) is 4. The molecule has 2 fully saturated rings. The van der Waals surface area contributed by atoms with Crippen LogP contribution in [0.15, 0.2) is 0 Å². The van der Waals surface area contributed by atoms with Crippen LogP contribution in [0.2, 0.25) is 0 Å². The molecule has 6 nitrogen and oxygen atoms in total. The quantitative estimate of drug-likeness (QED) is 0.592. The first-order chi connectivity index (χ1) is 9.04. The Bertz CT molecular complexity index is 402. The summed E-state index contributed by atoms with van der Waals surface area (Å²) in [4.78, 5) is 36.9. The minimum Gasteiger partial charge on any atom is -0.354 e. The van der Waals surface area contributed by atoms with Gasteiger partial charge in [-0.25, -0.2) is 0 Å². The molecule has 0 aromatic heterocycles. The molecule has 3 atom stereocenters. The molecule has 2 aliphatic rings. The number of nitrogens with zero attached hydrogens (tertiary/aromatic N) is 1. The summed E-state index contributed by atoms with van der Waals surface area (Å²) in [6.45, 7) is 2.52. The van der Waals surface area contributed by atoms with Crippen molar-refractivity contribution in [1.82, 2.24) is 15.5 Å². The van der Waals surface area contributed by atoms with Crippen molar-refractivity contribution in [2.45, 2.75) is 31.8 Å². The minimum atomic E-state index is -0.615. The van der Waals surface area contributed by atoms with Crippen LogP contribution in [0.1, 0.15) is 19.8 Å². The smallest absolute Gasteiger partial charge is 0.246 e. The summed E-state index contributed by atoms with van der Waals surface area (Å²) in [7, 11) is 0. The van der Waals surface area contributed by atoms with E-state index in [9.17, 15) is 14.4 Å². The molecule has 0 aromatic carbocycles. The molecule has 0 aromatic rings. The zero-order valence-corrected chi connectivity index (χ0v) is 11.8. The van der Waals surface area contributed by atoms with Gasteiger partial charge in [0.25, 0.3) is 0 Å². The monoisotopic (exact) mass is 285 g/mol. The van der Waals surface area contributed by atoms with Crippen LogP contribution in [-0.2, 0) is 14.4 Å². The predicted molar refractivity (Wildman–Crippen MR) is 72.7 cm³/mol. The second-order valence-electron chi connectivity index (χ2n) is 5.03. The Morgan fingerprint density at radius 3 is 2.95 bits per heavy atom. The lowest BCUT2D eigenvalue weighted by Crippen LogP contribution is -2.56. The Labute approximate surface area is 117 Å². The maximum atomic E-state index is 12.4. The number of thiol groups is 1. The molecule has 0 bridgehead atoms. The van der Waals surface area contributed by atoms with Gasteiger partial charge in [0.2, 0.25) is 17.7 Å². The summed E-state index contributed by atoms with van der Waals surface area (Å²) < 4.78 is 0. The third-order valence-corrected chi connectivity index (χ3v) is 4.11. The fourth-order valence-electron chi connectivity index (χ4n) is 2.86. The lowest BCUT2D eigenvalue weighted by atomic mass is 9.91. The molecule has 2 aliphatic heterocycles. The van der Waals surface area contributed by atoms with Gasteiger partial charge >= 0.3 is 0 Å². The zero-order valence-electron chi connectivity index (χ0n) is 10.9. The number of carbonyl (C=O) groups is 3. The Morgan fingerprint density at radius 1 is 1.58 bits per heavy atom. The van der Waals surface area contributed by atoms with Crippen molar-refractivity contribution in [3.05, 3.63) is 0 Å². The first-order valence-electron chi connectivity index (χ1n) is 6.50. The Morgan fingerprint density at radius 2 is 2.32 bits per heavy atom. The van der Waals surface area contributed by atoms with Gasteiger partial charge in [0.15, 0.2) is 0 Å². The first-order valence-corrected chi connectivity index (χ1v) is 7.14. The van der Waals surface area contributed by atoms with Crippen molar-refractivity contribution in [1.29, 1.82) is 0 Å². The number of rotatable bonds is 3. The van der Waals surface area contributed by atoms with Crippen molar-refractivity contribution in [3.8, 4) is 0 Å². The summed E-state index contributed by atoms with van der Waals surface area (Å²) in [5, 5.41) is 5.41. The molecule has 0 saturated carbocycles. The summed E-state index contributed by atoms with van der Waals surface area (Å²) >= 11 is 4.12. The highest BCUT2D eigenvalue weighted by molar-refractivity contribution is 7.80. The summed E-state index contributed by atoms with van der Waals surface area (Å²) in [6, 6.07) is -0.694. The minimum absolute atomic E-state index is 0.0319. The molecule has 2 heterocycles. The summed E-state index contributed by atoms with van der Waals surface area (Å²) in [5.41, 5.74) is 0. The zero-order chi connectivity index (χ0) is 14.0. The third-order valence-electron chi connectivity index (χ3n) is 3.74. The molecule has 2 rings (SSSR count). The van der Waals surface area contributed by atoms with Gasteiger partial charge < -0.3 is 15.5 Å². The fraction of sp³-hybridized carbons (Fsp3) is 0.750. The summed E-state index contributed by atoms with van der Waals surface area (Å²) in [5.74, 6) is -0.203. The molecular weight excluding hydrogens is 266 g/mol. The topological polar surface area (TPSA) is 78.5 Å². The van der Waals surface area contributed by atoms with Gasteiger partial charge in [-0.3, -0.25) is 14.4 Å². The fourth-order valence-corrected chi connectivity index (χ4v) is 3.10. The van der Waals surface area contributed by atoms with Crippen LogP contribution in [0.4, 0.5) is 0 Å². The van der Waals surface area contributed by atoms with E-state index >= 15 is 0 Å². The predicted octanol–water partition coefficient (Wildman–Crippen LogP) is -0.842. The standard InChI is InChI=1S/C12H19N3O3S/c1-7(16)14-9(6-19)12(18)15-4-2-3-8-10(15)5-13-11(8)17/h8-10,19H,2-6H2,1H3,(H,13,17)(H,14,16). The van der Waals surface area contributed by atoms with Crippen LogP contribution in [0.25, 0.3) is 0 Å². The van der Waals surface area contributed by atoms with E-state index in [1.54, 1.807) is 4.90 Å².